The zero-order valence-electron chi connectivity index (χ0n) is 10.4. The van der Waals surface area contributed by atoms with Gasteiger partial charge in [-0.3, -0.25) is 0 Å². The molecule has 18 heavy (non-hydrogen) atoms. The van der Waals surface area contributed by atoms with E-state index < -0.39 is 0 Å². The van der Waals surface area contributed by atoms with Crippen molar-refractivity contribution in [1.29, 1.82) is 0 Å². The molecule has 7 rings (SSSR count). The minimum absolute atomic E-state index is 0.303. The maximum atomic E-state index is 6.68. The Balaban J connectivity index is 1.47. The average Bonchev–Trinajstić information content (AvgIpc) is 3.12. The fourth-order valence-corrected chi connectivity index (χ4v) is 9.58. The van der Waals surface area contributed by atoms with Crippen molar-refractivity contribution in [3.8, 4) is 0 Å². The van der Waals surface area contributed by atoms with Crippen molar-refractivity contribution < 1.29 is 0 Å². The second kappa shape index (κ2) is 2.13. The maximum Gasteiger partial charge on any atom is 0.125 e. The van der Waals surface area contributed by atoms with Gasteiger partial charge in [-0.2, -0.15) is 0 Å². The van der Waals surface area contributed by atoms with Gasteiger partial charge in [0.1, 0.15) is 4.33 Å². The summed E-state index contributed by atoms with van der Waals surface area (Å²) in [6.07, 6.45) is 7.64. The number of hydrogen-bond donors (Lipinski definition) is 0. The predicted octanol–water partition coefficient (Wildman–Crippen LogP) is 4.11. The smallest absolute Gasteiger partial charge is 0.101 e. The average molecular weight is 281 g/mol. The summed E-state index contributed by atoms with van der Waals surface area (Å²) in [5.74, 6) is 7.95. The Kier molecular flexibility index (Phi) is 1.13. The van der Waals surface area contributed by atoms with Gasteiger partial charge >= 0.3 is 0 Å². The van der Waals surface area contributed by atoms with Crippen LogP contribution in [-0.4, -0.2) is 4.33 Å². The zero-order chi connectivity index (χ0) is 11.7. The first-order chi connectivity index (χ1) is 8.63. The molecule has 7 aliphatic rings. The highest BCUT2D eigenvalue weighted by atomic mass is 35.5. The van der Waals surface area contributed by atoms with Gasteiger partial charge < -0.3 is 0 Å². The van der Waals surface area contributed by atoms with E-state index in [0.29, 0.717) is 17.3 Å². The van der Waals surface area contributed by atoms with Crippen molar-refractivity contribution in [3.05, 3.63) is 0 Å². The van der Waals surface area contributed by atoms with Gasteiger partial charge in [0.2, 0.25) is 0 Å². The van der Waals surface area contributed by atoms with E-state index in [2.05, 4.69) is 0 Å². The topological polar surface area (TPSA) is 0 Å². The van der Waals surface area contributed by atoms with Crippen LogP contribution in [0.4, 0.5) is 0 Å². The minimum Gasteiger partial charge on any atom is -0.101 e. The Hall–Kier alpha value is 0.580. The molecule has 7 saturated carbocycles. The van der Waals surface area contributed by atoms with Gasteiger partial charge in [0.25, 0.3) is 0 Å². The molecule has 0 aliphatic heterocycles. The molecule has 0 nitrogen and oxygen atoms in total. The number of rotatable bonds is 0. The van der Waals surface area contributed by atoms with Crippen LogP contribution in [0.25, 0.3) is 0 Å². The predicted molar refractivity (Wildman–Crippen MR) is 70.3 cm³/mol. The number of halogens is 2. The molecule has 96 valence electrons. The maximum absolute atomic E-state index is 6.68. The van der Waals surface area contributed by atoms with E-state index in [9.17, 15) is 0 Å². The first kappa shape index (κ1) is 9.50. The van der Waals surface area contributed by atoms with Crippen LogP contribution >= 0.6 is 23.2 Å². The molecule has 2 bridgehead atoms. The number of alkyl halides is 2. The van der Waals surface area contributed by atoms with Crippen LogP contribution in [0.5, 0.6) is 0 Å². The summed E-state index contributed by atoms with van der Waals surface area (Å²) in [7, 11) is 0. The van der Waals surface area contributed by atoms with Crippen molar-refractivity contribution in [2.24, 2.45) is 58.2 Å². The summed E-state index contributed by atoms with van der Waals surface area (Å²) in [6, 6.07) is 0. The molecule has 2 heteroatoms. The van der Waals surface area contributed by atoms with E-state index in [4.69, 9.17) is 23.2 Å². The Morgan fingerprint density at radius 3 is 2.06 bits per heavy atom. The molecular weight excluding hydrogens is 263 g/mol. The molecule has 0 N–H and O–H groups in total. The standard InChI is InChI=1S/C16H18Cl2/c17-16(18)12-8-9-6-5-7(6)10(14(9)1-2-14)11(8)15(3-4-15)13(12)16/h6-13H,1-5H2/t6-,7+,8-,9-,10+,11-,12-,13-/m1/s1. The third kappa shape index (κ3) is 0.652. The first-order valence-electron chi connectivity index (χ1n) is 8.01. The summed E-state index contributed by atoms with van der Waals surface area (Å²) >= 11 is 13.4. The molecule has 7 fully saturated rings. The lowest BCUT2D eigenvalue weighted by molar-refractivity contribution is 0.146. The van der Waals surface area contributed by atoms with Gasteiger partial charge in [0, 0.05) is 11.8 Å². The second-order valence-corrected chi connectivity index (χ2v) is 10.3. The fourth-order valence-electron chi connectivity index (χ4n) is 8.46. The van der Waals surface area contributed by atoms with Gasteiger partial charge in [-0.15, -0.1) is 23.2 Å². The molecule has 0 aromatic rings. The highest BCUT2D eigenvalue weighted by Crippen LogP contribution is 2.97. The Morgan fingerprint density at radius 2 is 1.39 bits per heavy atom. The lowest BCUT2D eigenvalue weighted by atomic mass is 9.72. The second-order valence-electron chi connectivity index (χ2n) is 8.86. The molecular formula is C16H18Cl2. The van der Waals surface area contributed by atoms with Gasteiger partial charge in [0.15, 0.2) is 0 Å². The lowest BCUT2D eigenvalue weighted by Gasteiger charge is -2.34. The van der Waals surface area contributed by atoms with Gasteiger partial charge in [-0.25, -0.2) is 0 Å². The highest BCUT2D eigenvalue weighted by molar-refractivity contribution is 6.51. The molecule has 0 amide bonds. The third-order valence-corrected chi connectivity index (χ3v) is 9.79. The molecule has 0 unspecified atom stereocenters. The summed E-state index contributed by atoms with van der Waals surface area (Å²) in [6.45, 7) is 0. The molecule has 2 spiro atoms. The van der Waals surface area contributed by atoms with Crippen LogP contribution in [0, 0.1) is 58.2 Å². The molecule has 0 aromatic heterocycles. The quantitative estimate of drug-likeness (QED) is 0.586. The van der Waals surface area contributed by atoms with E-state index in [1.165, 1.54) is 12.8 Å². The molecule has 0 radical (unpaired) electrons. The first-order valence-corrected chi connectivity index (χ1v) is 8.76. The Morgan fingerprint density at radius 1 is 0.722 bits per heavy atom. The van der Waals surface area contributed by atoms with Crippen molar-refractivity contribution in [3.63, 3.8) is 0 Å². The highest BCUT2D eigenvalue weighted by Gasteiger charge is 2.93. The van der Waals surface area contributed by atoms with Crippen molar-refractivity contribution in [2.45, 2.75) is 36.4 Å². The Labute approximate surface area is 118 Å². The monoisotopic (exact) mass is 280 g/mol. The largest absolute Gasteiger partial charge is 0.125 e. The zero-order valence-corrected chi connectivity index (χ0v) is 11.9. The van der Waals surface area contributed by atoms with E-state index in [-0.39, 0.29) is 4.33 Å². The number of fused-ring (bicyclic) bond motifs is 10. The molecule has 0 saturated heterocycles. The van der Waals surface area contributed by atoms with E-state index in [0.717, 1.165) is 40.9 Å². The molecule has 7 aliphatic carbocycles. The fraction of sp³-hybridized carbons (Fsp3) is 1.00. The number of hydrogen-bond acceptors (Lipinski definition) is 0. The van der Waals surface area contributed by atoms with Crippen LogP contribution < -0.4 is 0 Å². The summed E-state index contributed by atoms with van der Waals surface area (Å²) in [4.78, 5) is 0. The molecule has 8 atom stereocenters. The van der Waals surface area contributed by atoms with Gasteiger partial charge in [-0.05, 0) is 78.4 Å². The molecule has 0 aromatic carbocycles. The normalized spacial score (nSPS) is 71.0. The lowest BCUT2D eigenvalue weighted by Crippen LogP contribution is -2.32. The SMILES string of the molecule is ClC1(Cl)[C@@H]2[C@@H]3[C@H]4[C@@H]5C[C@@H]5[C@@H]([C@@H]3C3(CC3)[C@@H]21)C41CC1. The molecule has 0 heterocycles. The van der Waals surface area contributed by atoms with Crippen LogP contribution in [0.1, 0.15) is 32.1 Å². The summed E-state index contributed by atoms with van der Waals surface area (Å²) in [5, 5.41) is 0. The van der Waals surface area contributed by atoms with Crippen LogP contribution in [0.3, 0.4) is 0 Å². The van der Waals surface area contributed by atoms with Gasteiger partial charge in [0.05, 0.1) is 0 Å². The van der Waals surface area contributed by atoms with E-state index >= 15 is 0 Å². The van der Waals surface area contributed by atoms with Crippen molar-refractivity contribution >= 4 is 23.2 Å². The summed E-state index contributed by atoms with van der Waals surface area (Å²) < 4.78 is -0.303. The van der Waals surface area contributed by atoms with E-state index in [1.54, 1.807) is 19.3 Å². The Bertz CT molecular complexity index is 515. The van der Waals surface area contributed by atoms with Crippen LogP contribution in [-0.2, 0) is 0 Å². The van der Waals surface area contributed by atoms with Crippen LogP contribution in [0.2, 0.25) is 0 Å². The summed E-state index contributed by atoms with van der Waals surface area (Å²) in [5.41, 5.74) is 1.50. The van der Waals surface area contributed by atoms with E-state index in [1.807, 2.05) is 0 Å². The van der Waals surface area contributed by atoms with Gasteiger partial charge in [-0.1, -0.05) is 0 Å². The third-order valence-electron chi connectivity index (χ3n) is 8.82. The van der Waals surface area contributed by atoms with Crippen LogP contribution in [0.15, 0.2) is 0 Å². The van der Waals surface area contributed by atoms with Crippen molar-refractivity contribution in [2.75, 3.05) is 0 Å². The minimum atomic E-state index is -0.303. The van der Waals surface area contributed by atoms with Crippen molar-refractivity contribution in [1.82, 2.24) is 0 Å².